The molecule has 2 aromatic heterocycles. The number of ether oxygens (including phenoxy) is 1. The first-order valence-corrected chi connectivity index (χ1v) is 9.07. The van der Waals surface area contributed by atoms with Crippen LogP contribution in [0.1, 0.15) is 42.5 Å². The molecule has 0 amide bonds. The molecule has 3 aromatic rings. The molecule has 6 nitrogen and oxygen atoms in total. The number of allylic oxidation sites excluding steroid dienone is 1. The van der Waals surface area contributed by atoms with Gasteiger partial charge in [0, 0.05) is 23.2 Å². The minimum absolute atomic E-state index is 0.0796. The molecular formula is C20H17F2N5O. The Labute approximate surface area is 159 Å². The number of hydrogen-bond donors (Lipinski definition) is 2. The Morgan fingerprint density at radius 2 is 2.04 bits per heavy atom. The second-order valence-corrected chi connectivity index (χ2v) is 7.17. The van der Waals surface area contributed by atoms with Crippen molar-refractivity contribution in [1.29, 1.82) is 0 Å². The average molecular weight is 381 g/mol. The van der Waals surface area contributed by atoms with E-state index in [2.05, 4.69) is 25.5 Å². The summed E-state index contributed by atoms with van der Waals surface area (Å²) in [5, 5.41) is 9.86. The van der Waals surface area contributed by atoms with Crippen LogP contribution in [0.5, 0.6) is 11.6 Å². The van der Waals surface area contributed by atoms with Crippen LogP contribution in [0, 0.1) is 11.6 Å². The molecule has 5 rings (SSSR count). The van der Waals surface area contributed by atoms with Crippen LogP contribution in [0.2, 0.25) is 0 Å². The fourth-order valence-electron chi connectivity index (χ4n) is 3.34. The number of halogens is 2. The Morgan fingerprint density at radius 3 is 2.86 bits per heavy atom. The van der Waals surface area contributed by atoms with E-state index in [1.165, 1.54) is 6.07 Å². The maximum atomic E-state index is 14.8. The quantitative estimate of drug-likeness (QED) is 0.661. The van der Waals surface area contributed by atoms with Crippen LogP contribution in [-0.4, -0.2) is 20.2 Å². The number of aromatic nitrogens is 4. The van der Waals surface area contributed by atoms with Crippen molar-refractivity contribution in [3.63, 3.8) is 0 Å². The second-order valence-electron chi connectivity index (χ2n) is 7.17. The van der Waals surface area contributed by atoms with E-state index < -0.39 is 11.6 Å². The monoisotopic (exact) mass is 381 g/mol. The fraction of sp³-hybridized carbons (Fsp3) is 0.250. The number of nitrogens with one attached hydrogen (secondary N) is 2. The van der Waals surface area contributed by atoms with Gasteiger partial charge in [0.25, 0.3) is 5.88 Å². The number of H-pyrrole nitrogens is 1. The molecule has 1 saturated carbocycles. The van der Waals surface area contributed by atoms with Gasteiger partial charge in [-0.2, -0.15) is 14.5 Å². The predicted molar refractivity (Wildman–Crippen MR) is 99.7 cm³/mol. The van der Waals surface area contributed by atoms with Gasteiger partial charge in [0.1, 0.15) is 6.33 Å². The first kappa shape index (κ1) is 16.9. The molecule has 0 atom stereocenters. The number of nitrogens with zero attached hydrogens (tertiary/aromatic N) is 3. The van der Waals surface area contributed by atoms with Gasteiger partial charge in [-0.1, -0.05) is 17.7 Å². The molecule has 2 aliphatic rings. The van der Waals surface area contributed by atoms with Crippen molar-refractivity contribution in [3.05, 3.63) is 58.6 Å². The number of anilines is 2. The highest BCUT2D eigenvalue weighted by atomic mass is 19.1. The fourth-order valence-corrected chi connectivity index (χ4v) is 3.34. The zero-order valence-electron chi connectivity index (χ0n) is 15.1. The van der Waals surface area contributed by atoms with Crippen LogP contribution in [0.25, 0.3) is 6.08 Å². The molecular weight excluding hydrogens is 364 g/mol. The smallest absolute Gasteiger partial charge is 0.261 e. The standard InChI is InChI=1S/C20H17F2N5O/c1-10-6-12-4-5-15(17(21)13(12)7-10)28-20-18(22)19(23-9-24-20)25-16-8-14(26-27-16)11-2-3-11/h4-5,7-9,11H,2-3,6H2,1H3,(H2,23,24,25,26,27). The lowest BCUT2D eigenvalue weighted by Gasteiger charge is -2.11. The van der Waals surface area contributed by atoms with Gasteiger partial charge in [-0.05, 0) is 37.8 Å². The summed E-state index contributed by atoms with van der Waals surface area (Å²) in [6.07, 6.45) is 5.89. The van der Waals surface area contributed by atoms with E-state index >= 15 is 0 Å². The normalized spacial score (nSPS) is 15.3. The van der Waals surface area contributed by atoms with Crippen molar-refractivity contribution in [3.8, 4) is 11.6 Å². The maximum absolute atomic E-state index is 14.8. The Morgan fingerprint density at radius 1 is 1.18 bits per heavy atom. The van der Waals surface area contributed by atoms with Crippen molar-refractivity contribution < 1.29 is 13.5 Å². The largest absolute Gasteiger partial charge is 0.433 e. The molecule has 0 saturated heterocycles. The van der Waals surface area contributed by atoms with E-state index in [-0.39, 0.29) is 17.4 Å². The van der Waals surface area contributed by atoms with Crippen LogP contribution in [0.4, 0.5) is 20.4 Å². The number of fused-ring (bicyclic) bond motifs is 1. The van der Waals surface area contributed by atoms with Crippen molar-refractivity contribution >= 4 is 17.7 Å². The summed E-state index contributed by atoms with van der Waals surface area (Å²) in [4.78, 5) is 7.71. The Hall–Kier alpha value is -3.29. The zero-order chi connectivity index (χ0) is 19.3. The van der Waals surface area contributed by atoms with Gasteiger partial charge in [0.05, 0.1) is 0 Å². The van der Waals surface area contributed by atoms with E-state index in [1.807, 2.05) is 13.0 Å². The third-order valence-corrected chi connectivity index (χ3v) is 4.92. The van der Waals surface area contributed by atoms with Gasteiger partial charge in [-0.25, -0.2) is 9.37 Å². The van der Waals surface area contributed by atoms with Crippen molar-refractivity contribution in [2.24, 2.45) is 0 Å². The third-order valence-electron chi connectivity index (χ3n) is 4.92. The number of hydrogen-bond acceptors (Lipinski definition) is 5. The van der Waals surface area contributed by atoms with Gasteiger partial charge >= 0.3 is 0 Å². The number of benzene rings is 1. The molecule has 0 radical (unpaired) electrons. The van der Waals surface area contributed by atoms with Gasteiger partial charge in [-0.3, -0.25) is 5.10 Å². The molecule has 0 aliphatic heterocycles. The summed E-state index contributed by atoms with van der Waals surface area (Å²) >= 11 is 0. The molecule has 1 aromatic carbocycles. The summed E-state index contributed by atoms with van der Waals surface area (Å²) in [6, 6.07) is 5.10. The van der Waals surface area contributed by atoms with Crippen molar-refractivity contribution in [2.45, 2.75) is 32.1 Å². The van der Waals surface area contributed by atoms with Crippen molar-refractivity contribution in [1.82, 2.24) is 20.2 Å². The number of aromatic amines is 1. The van der Waals surface area contributed by atoms with Crippen LogP contribution in [0.3, 0.4) is 0 Å². The molecule has 0 unspecified atom stereocenters. The SMILES string of the molecule is CC1=Cc2c(ccc(Oc3ncnc(Nc4cc(C5CC5)[nH]n4)c3F)c2F)C1. The highest BCUT2D eigenvalue weighted by molar-refractivity contribution is 5.66. The van der Waals surface area contributed by atoms with E-state index in [9.17, 15) is 8.78 Å². The molecule has 8 heteroatoms. The van der Waals surface area contributed by atoms with E-state index in [4.69, 9.17) is 4.74 Å². The highest BCUT2D eigenvalue weighted by Gasteiger charge is 2.26. The predicted octanol–water partition coefficient (Wildman–Crippen LogP) is 4.85. The van der Waals surface area contributed by atoms with Gasteiger partial charge in [0.2, 0.25) is 5.82 Å². The molecule has 1 fully saturated rings. The molecule has 142 valence electrons. The molecule has 28 heavy (non-hydrogen) atoms. The molecule has 0 bridgehead atoms. The summed E-state index contributed by atoms with van der Waals surface area (Å²) in [5.41, 5.74) is 3.44. The molecule has 2 N–H and O–H groups in total. The highest BCUT2D eigenvalue weighted by Crippen LogP contribution is 2.40. The topological polar surface area (TPSA) is 75.7 Å². The lowest BCUT2D eigenvalue weighted by atomic mass is 10.1. The maximum Gasteiger partial charge on any atom is 0.261 e. The molecule has 0 spiro atoms. The van der Waals surface area contributed by atoms with Crippen LogP contribution in [0.15, 0.2) is 30.1 Å². The summed E-state index contributed by atoms with van der Waals surface area (Å²) in [7, 11) is 0. The van der Waals surface area contributed by atoms with Crippen LogP contribution >= 0.6 is 0 Å². The lowest BCUT2D eigenvalue weighted by molar-refractivity contribution is 0.397. The Balaban J connectivity index is 1.40. The first-order valence-electron chi connectivity index (χ1n) is 9.07. The summed E-state index contributed by atoms with van der Waals surface area (Å²) in [6.45, 7) is 1.94. The van der Waals surface area contributed by atoms with Gasteiger partial charge in [-0.15, -0.1) is 0 Å². The zero-order valence-corrected chi connectivity index (χ0v) is 15.1. The second kappa shape index (κ2) is 6.40. The van der Waals surface area contributed by atoms with Crippen LogP contribution < -0.4 is 10.1 Å². The minimum Gasteiger partial charge on any atom is -0.433 e. The average Bonchev–Trinajstić information content (AvgIpc) is 3.30. The molecule has 2 heterocycles. The summed E-state index contributed by atoms with van der Waals surface area (Å²) < 4.78 is 35.0. The van der Waals surface area contributed by atoms with E-state index in [1.54, 1.807) is 12.1 Å². The first-order chi connectivity index (χ1) is 13.6. The lowest BCUT2D eigenvalue weighted by Crippen LogP contribution is -2.02. The van der Waals surface area contributed by atoms with E-state index in [0.29, 0.717) is 23.7 Å². The summed E-state index contributed by atoms with van der Waals surface area (Å²) in [5.74, 6) is -0.908. The van der Waals surface area contributed by atoms with E-state index in [0.717, 1.165) is 36.0 Å². The van der Waals surface area contributed by atoms with Gasteiger partial charge < -0.3 is 10.1 Å². The van der Waals surface area contributed by atoms with Crippen molar-refractivity contribution in [2.75, 3.05) is 5.32 Å². The minimum atomic E-state index is -0.815. The van der Waals surface area contributed by atoms with Gasteiger partial charge in [0.15, 0.2) is 23.2 Å². The molecule has 2 aliphatic carbocycles. The third kappa shape index (κ3) is 3.00. The Bertz CT molecular complexity index is 1100. The van der Waals surface area contributed by atoms with Crippen LogP contribution in [-0.2, 0) is 6.42 Å². The number of rotatable bonds is 5. The Kier molecular flexibility index (Phi) is 3.85.